The van der Waals surface area contributed by atoms with Gasteiger partial charge >= 0.3 is 0 Å². The van der Waals surface area contributed by atoms with Crippen LogP contribution in [0.1, 0.15) is 52.4 Å². The lowest BCUT2D eigenvalue weighted by atomic mass is 9.80. The third kappa shape index (κ3) is 5.98. The molecule has 0 aromatic heterocycles. The summed E-state index contributed by atoms with van der Waals surface area (Å²) in [4.78, 5) is 4.31. The van der Waals surface area contributed by atoms with Crippen molar-refractivity contribution in [1.29, 1.82) is 0 Å². The van der Waals surface area contributed by atoms with Gasteiger partial charge in [-0.05, 0) is 50.4 Å². The molecule has 0 aromatic rings. The van der Waals surface area contributed by atoms with Crippen LogP contribution >= 0.6 is 0 Å². The van der Waals surface area contributed by atoms with Gasteiger partial charge in [-0.25, -0.2) is 8.42 Å². The number of hydrogen-bond donors (Lipinski definition) is 2. The van der Waals surface area contributed by atoms with Crippen molar-refractivity contribution in [3.63, 3.8) is 0 Å². The van der Waals surface area contributed by atoms with Gasteiger partial charge in [-0.1, -0.05) is 13.8 Å². The topological polar surface area (TPSA) is 70.6 Å². The number of sulfone groups is 1. The predicted octanol–water partition coefficient (Wildman–Crippen LogP) is 2.19. The number of aliphatic imine (C=N–C) groups is 1. The van der Waals surface area contributed by atoms with Gasteiger partial charge in [0.2, 0.25) is 0 Å². The second-order valence-corrected chi connectivity index (χ2v) is 10.1. The molecule has 0 aliphatic heterocycles. The average molecular weight is 344 g/mol. The first-order valence-electron chi connectivity index (χ1n) is 8.88. The van der Waals surface area contributed by atoms with Crippen molar-refractivity contribution >= 4 is 15.8 Å². The fourth-order valence-corrected chi connectivity index (χ4v) is 5.20. The van der Waals surface area contributed by atoms with Crippen LogP contribution < -0.4 is 10.6 Å². The van der Waals surface area contributed by atoms with Crippen LogP contribution in [-0.2, 0) is 9.84 Å². The molecule has 0 radical (unpaired) electrons. The third-order valence-corrected chi connectivity index (χ3v) is 6.57. The van der Waals surface area contributed by atoms with E-state index in [2.05, 4.69) is 29.5 Å². The summed E-state index contributed by atoms with van der Waals surface area (Å²) in [5.74, 6) is 2.73. The van der Waals surface area contributed by atoms with E-state index in [9.17, 15) is 8.42 Å². The molecule has 0 unspecified atom stereocenters. The SMILES string of the molecule is CN=C(NCC1(CS(C)(=O)=O)CC1)NC1CCC(C(C)C)CC1. The molecule has 2 aliphatic carbocycles. The van der Waals surface area contributed by atoms with Gasteiger partial charge in [0.05, 0.1) is 5.75 Å². The maximum absolute atomic E-state index is 11.5. The molecule has 0 heterocycles. The van der Waals surface area contributed by atoms with Crippen molar-refractivity contribution in [1.82, 2.24) is 10.6 Å². The molecule has 2 aliphatic rings. The predicted molar refractivity (Wildman–Crippen MR) is 96.5 cm³/mol. The molecular formula is C17H33N3O2S. The number of guanidine groups is 1. The number of hydrogen-bond acceptors (Lipinski definition) is 3. The van der Waals surface area contributed by atoms with Gasteiger partial charge in [0.15, 0.2) is 5.96 Å². The summed E-state index contributed by atoms with van der Waals surface area (Å²) in [6, 6.07) is 0.487. The zero-order chi connectivity index (χ0) is 17.1. The van der Waals surface area contributed by atoms with E-state index in [1.807, 2.05) is 0 Å². The molecule has 23 heavy (non-hydrogen) atoms. The van der Waals surface area contributed by atoms with Gasteiger partial charge in [0.1, 0.15) is 9.84 Å². The summed E-state index contributed by atoms with van der Waals surface area (Å²) < 4.78 is 23.1. The normalized spacial score (nSPS) is 27.8. The number of nitrogens with one attached hydrogen (secondary N) is 2. The van der Waals surface area contributed by atoms with E-state index >= 15 is 0 Å². The van der Waals surface area contributed by atoms with Crippen LogP contribution in [0.4, 0.5) is 0 Å². The molecule has 0 atom stereocenters. The lowest BCUT2D eigenvalue weighted by Gasteiger charge is -2.32. The fourth-order valence-electron chi connectivity index (χ4n) is 3.69. The molecule has 134 valence electrons. The van der Waals surface area contributed by atoms with Gasteiger partial charge in [-0.2, -0.15) is 0 Å². The smallest absolute Gasteiger partial charge is 0.191 e. The molecule has 6 heteroatoms. The molecule has 2 fully saturated rings. The molecule has 0 spiro atoms. The van der Waals surface area contributed by atoms with E-state index < -0.39 is 9.84 Å². The zero-order valence-electron chi connectivity index (χ0n) is 15.1. The lowest BCUT2D eigenvalue weighted by molar-refractivity contribution is 0.250. The summed E-state index contributed by atoms with van der Waals surface area (Å²) in [7, 11) is -1.13. The van der Waals surface area contributed by atoms with E-state index in [0.29, 0.717) is 12.6 Å². The van der Waals surface area contributed by atoms with Gasteiger partial charge in [-0.3, -0.25) is 4.99 Å². The van der Waals surface area contributed by atoms with Crippen LogP contribution in [0, 0.1) is 17.3 Å². The standard InChI is InChI=1S/C17H33N3O2S/c1-13(2)14-5-7-15(8-6-14)20-16(18-3)19-11-17(9-10-17)12-23(4,21)22/h13-15H,5-12H2,1-4H3,(H2,18,19,20). The first-order valence-corrected chi connectivity index (χ1v) is 10.9. The molecule has 0 amide bonds. The van der Waals surface area contributed by atoms with Crippen LogP contribution in [0.15, 0.2) is 4.99 Å². The molecule has 0 aromatic carbocycles. The second-order valence-electron chi connectivity index (χ2n) is 8.00. The molecule has 0 bridgehead atoms. The van der Waals surface area contributed by atoms with Gasteiger partial charge in [0.25, 0.3) is 0 Å². The molecule has 5 nitrogen and oxygen atoms in total. The Morgan fingerprint density at radius 3 is 2.26 bits per heavy atom. The number of rotatable bonds is 6. The Hall–Kier alpha value is -0.780. The lowest BCUT2D eigenvalue weighted by Crippen LogP contribution is -2.47. The van der Waals surface area contributed by atoms with Crippen molar-refractivity contribution in [2.24, 2.45) is 22.2 Å². The van der Waals surface area contributed by atoms with Crippen LogP contribution in [0.3, 0.4) is 0 Å². The summed E-state index contributed by atoms with van der Waals surface area (Å²) in [6.07, 6.45) is 8.26. The van der Waals surface area contributed by atoms with Crippen LogP contribution in [0.2, 0.25) is 0 Å². The van der Waals surface area contributed by atoms with Crippen molar-refractivity contribution in [3.05, 3.63) is 0 Å². The maximum atomic E-state index is 11.5. The summed E-state index contributed by atoms with van der Waals surface area (Å²) in [6.45, 7) is 5.33. The Bertz CT molecular complexity index is 516. The second kappa shape index (κ2) is 7.41. The average Bonchev–Trinajstić information content (AvgIpc) is 3.21. The molecule has 0 saturated heterocycles. The van der Waals surface area contributed by atoms with Crippen molar-refractivity contribution in [2.75, 3.05) is 25.6 Å². The summed E-state index contributed by atoms with van der Waals surface area (Å²) in [5, 5.41) is 6.87. The minimum Gasteiger partial charge on any atom is -0.356 e. The van der Waals surface area contributed by atoms with E-state index in [1.165, 1.54) is 31.9 Å². The highest BCUT2D eigenvalue weighted by Crippen LogP contribution is 2.46. The molecule has 2 N–H and O–H groups in total. The Morgan fingerprint density at radius 2 is 1.83 bits per heavy atom. The summed E-state index contributed by atoms with van der Waals surface area (Å²) in [5.41, 5.74) is -0.0689. The van der Waals surface area contributed by atoms with Crippen molar-refractivity contribution in [3.8, 4) is 0 Å². The van der Waals surface area contributed by atoms with Crippen LogP contribution in [0.5, 0.6) is 0 Å². The largest absolute Gasteiger partial charge is 0.356 e. The molecule has 2 rings (SSSR count). The number of nitrogens with zero attached hydrogens (tertiary/aromatic N) is 1. The van der Waals surface area contributed by atoms with Gasteiger partial charge in [0, 0.05) is 31.3 Å². The van der Waals surface area contributed by atoms with Crippen molar-refractivity contribution in [2.45, 2.75) is 58.4 Å². The van der Waals surface area contributed by atoms with E-state index in [1.54, 1.807) is 7.05 Å². The Labute approximate surface area is 141 Å². The van der Waals surface area contributed by atoms with Gasteiger partial charge in [-0.15, -0.1) is 0 Å². The zero-order valence-corrected chi connectivity index (χ0v) is 15.9. The Balaban J connectivity index is 1.77. The minimum atomic E-state index is -2.92. The molecular weight excluding hydrogens is 310 g/mol. The van der Waals surface area contributed by atoms with Gasteiger partial charge < -0.3 is 10.6 Å². The maximum Gasteiger partial charge on any atom is 0.191 e. The Morgan fingerprint density at radius 1 is 1.22 bits per heavy atom. The first-order chi connectivity index (χ1) is 10.7. The van der Waals surface area contributed by atoms with E-state index in [0.717, 1.165) is 30.6 Å². The first kappa shape index (κ1) is 18.6. The quantitative estimate of drug-likeness (QED) is 0.573. The van der Waals surface area contributed by atoms with Crippen molar-refractivity contribution < 1.29 is 8.42 Å². The van der Waals surface area contributed by atoms with E-state index in [-0.39, 0.29) is 11.2 Å². The highest BCUT2D eigenvalue weighted by atomic mass is 32.2. The highest BCUT2D eigenvalue weighted by Gasteiger charge is 2.45. The minimum absolute atomic E-state index is 0.0689. The third-order valence-electron chi connectivity index (χ3n) is 5.44. The highest BCUT2D eigenvalue weighted by molar-refractivity contribution is 7.90. The van der Waals surface area contributed by atoms with Crippen LogP contribution in [0.25, 0.3) is 0 Å². The molecule has 2 saturated carbocycles. The Kier molecular flexibility index (Phi) is 5.98. The summed E-state index contributed by atoms with van der Waals surface area (Å²) >= 11 is 0. The fraction of sp³-hybridized carbons (Fsp3) is 0.941. The van der Waals surface area contributed by atoms with Crippen LogP contribution in [-0.4, -0.2) is 46.0 Å². The van der Waals surface area contributed by atoms with E-state index in [4.69, 9.17) is 0 Å². The monoisotopic (exact) mass is 343 g/mol.